The van der Waals surface area contributed by atoms with Crippen LogP contribution in [0.2, 0.25) is 0 Å². The zero-order valence-corrected chi connectivity index (χ0v) is 9.96. The van der Waals surface area contributed by atoms with Crippen LogP contribution in [0.3, 0.4) is 0 Å². The SMILES string of the molecule is CCCCOc1ccc(S(C)(O)O)cc1. The molecule has 0 saturated carbocycles. The van der Waals surface area contributed by atoms with Crippen molar-refractivity contribution in [3.63, 3.8) is 0 Å². The van der Waals surface area contributed by atoms with E-state index >= 15 is 0 Å². The van der Waals surface area contributed by atoms with Gasteiger partial charge in [-0.1, -0.05) is 13.3 Å². The first kappa shape index (κ1) is 12.4. The maximum atomic E-state index is 9.39. The van der Waals surface area contributed by atoms with E-state index in [-0.39, 0.29) is 0 Å². The first-order chi connectivity index (χ1) is 7.04. The summed E-state index contributed by atoms with van der Waals surface area (Å²) in [4.78, 5) is 0.547. The highest BCUT2D eigenvalue weighted by Gasteiger charge is 2.07. The van der Waals surface area contributed by atoms with Gasteiger partial charge in [-0.25, -0.2) is 0 Å². The predicted molar refractivity (Wildman–Crippen MR) is 63.9 cm³/mol. The second-order valence-electron chi connectivity index (χ2n) is 3.51. The van der Waals surface area contributed by atoms with Crippen LogP contribution in [0.25, 0.3) is 0 Å². The van der Waals surface area contributed by atoms with Gasteiger partial charge in [0.25, 0.3) is 0 Å². The molecule has 0 aromatic heterocycles. The Morgan fingerprint density at radius 2 is 1.80 bits per heavy atom. The largest absolute Gasteiger partial charge is 0.494 e. The first-order valence-electron chi connectivity index (χ1n) is 5.00. The summed E-state index contributed by atoms with van der Waals surface area (Å²) in [5.74, 6) is 0.774. The van der Waals surface area contributed by atoms with Gasteiger partial charge in [0.15, 0.2) is 0 Å². The molecular weight excluding hydrogens is 212 g/mol. The summed E-state index contributed by atoms with van der Waals surface area (Å²) >= 11 is 0. The Hall–Kier alpha value is -0.710. The Morgan fingerprint density at radius 1 is 1.20 bits per heavy atom. The van der Waals surface area contributed by atoms with Gasteiger partial charge in [-0.05, 0) is 30.7 Å². The van der Waals surface area contributed by atoms with E-state index in [9.17, 15) is 9.11 Å². The molecule has 0 aliphatic heterocycles. The van der Waals surface area contributed by atoms with Crippen molar-refractivity contribution in [1.29, 1.82) is 0 Å². The minimum absolute atomic E-state index is 0.547. The molecule has 1 rings (SSSR count). The molecule has 0 heterocycles. The number of rotatable bonds is 5. The Labute approximate surface area is 92.4 Å². The second-order valence-corrected chi connectivity index (χ2v) is 5.65. The maximum absolute atomic E-state index is 9.39. The van der Waals surface area contributed by atoms with E-state index in [0.717, 1.165) is 18.6 Å². The van der Waals surface area contributed by atoms with Crippen molar-refractivity contribution in [1.82, 2.24) is 0 Å². The highest BCUT2D eigenvalue weighted by Crippen LogP contribution is 2.44. The molecule has 0 radical (unpaired) electrons. The van der Waals surface area contributed by atoms with Crippen LogP contribution in [-0.2, 0) is 0 Å². The van der Waals surface area contributed by atoms with Crippen LogP contribution in [0.5, 0.6) is 5.75 Å². The van der Waals surface area contributed by atoms with Crippen molar-refractivity contribution in [3.05, 3.63) is 24.3 Å². The van der Waals surface area contributed by atoms with Crippen molar-refractivity contribution in [3.8, 4) is 5.75 Å². The summed E-state index contributed by atoms with van der Waals surface area (Å²) < 4.78 is 24.2. The molecule has 0 saturated heterocycles. The van der Waals surface area contributed by atoms with Gasteiger partial charge in [0, 0.05) is 6.26 Å². The van der Waals surface area contributed by atoms with Crippen LogP contribution < -0.4 is 4.74 Å². The minimum atomic E-state index is -2.60. The van der Waals surface area contributed by atoms with Crippen molar-refractivity contribution in [2.75, 3.05) is 12.9 Å². The average Bonchev–Trinajstić information content (AvgIpc) is 2.18. The predicted octanol–water partition coefficient (Wildman–Crippen LogP) is 3.60. The van der Waals surface area contributed by atoms with Gasteiger partial charge in [0.2, 0.25) is 0 Å². The molecule has 0 amide bonds. The van der Waals surface area contributed by atoms with Gasteiger partial charge in [-0.3, -0.25) is 9.11 Å². The summed E-state index contributed by atoms with van der Waals surface area (Å²) in [5.41, 5.74) is 0. The van der Waals surface area contributed by atoms with Crippen LogP contribution in [0.4, 0.5) is 0 Å². The van der Waals surface area contributed by atoms with Crippen LogP contribution in [0.15, 0.2) is 29.2 Å². The van der Waals surface area contributed by atoms with Gasteiger partial charge >= 0.3 is 0 Å². The quantitative estimate of drug-likeness (QED) is 0.760. The van der Waals surface area contributed by atoms with Crippen LogP contribution in [-0.4, -0.2) is 22.0 Å². The Bertz CT molecular complexity index is 290. The highest BCUT2D eigenvalue weighted by molar-refractivity contribution is 8.23. The normalized spacial score (nSPS) is 12.5. The molecule has 15 heavy (non-hydrogen) atoms. The summed E-state index contributed by atoms with van der Waals surface area (Å²) in [5, 5.41) is 0. The van der Waals surface area contributed by atoms with Gasteiger partial charge in [-0.15, -0.1) is 0 Å². The minimum Gasteiger partial charge on any atom is -0.494 e. The monoisotopic (exact) mass is 230 g/mol. The van der Waals surface area contributed by atoms with E-state index in [2.05, 4.69) is 6.92 Å². The lowest BCUT2D eigenvalue weighted by Crippen LogP contribution is -1.98. The van der Waals surface area contributed by atoms with Crippen molar-refractivity contribution in [2.24, 2.45) is 0 Å². The number of ether oxygens (including phenoxy) is 1. The van der Waals surface area contributed by atoms with E-state index in [1.54, 1.807) is 24.3 Å². The molecule has 0 spiro atoms. The lowest BCUT2D eigenvalue weighted by molar-refractivity contribution is 0.309. The van der Waals surface area contributed by atoms with Gasteiger partial charge in [-0.2, -0.15) is 10.6 Å². The summed E-state index contributed by atoms with van der Waals surface area (Å²) in [7, 11) is -2.60. The van der Waals surface area contributed by atoms with Crippen molar-refractivity contribution in [2.45, 2.75) is 24.7 Å². The third-order valence-corrected chi connectivity index (χ3v) is 3.20. The highest BCUT2D eigenvalue weighted by atomic mass is 32.3. The molecule has 0 unspecified atom stereocenters. The van der Waals surface area contributed by atoms with Crippen LogP contribution in [0, 0.1) is 0 Å². The lowest BCUT2D eigenvalue weighted by atomic mass is 10.3. The zero-order chi connectivity index (χ0) is 11.3. The zero-order valence-electron chi connectivity index (χ0n) is 9.14. The van der Waals surface area contributed by atoms with E-state index in [0.29, 0.717) is 11.5 Å². The third kappa shape index (κ3) is 4.11. The molecule has 1 aromatic carbocycles. The fraction of sp³-hybridized carbons (Fsp3) is 0.455. The lowest BCUT2D eigenvalue weighted by Gasteiger charge is -2.26. The Morgan fingerprint density at radius 3 is 2.27 bits per heavy atom. The molecule has 0 aliphatic rings. The van der Waals surface area contributed by atoms with Crippen molar-refractivity contribution >= 4 is 10.6 Å². The number of benzene rings is 1. The first-order valence-corrected chi connectivity index (χ1v) is 6.95. The molecule has 2 N–H and O–H groups in total. The van der Waals surface area contributed by atoms with E-state index in [1.165, 1.54) is 6.26 Å². The standard InChI is InChI=1S/C11H18O3S/c1-3-4-9-14-10-5-7-11(8-6-10)15(2,12)13/h5-8,12-13H,3-4,9H2,1-2H3. The molecule has 0 fully saturated rings. The Balaban J connectivity index is 2.57. The topological polar surface area (TPSA) is 49.7 Å². The fourth-order valence-electron chi connectivity index (χ4n) is 1.13. The molecule has 1 aromatic rings. The van der Waals surface area contributed by atoms with Gasteiger partial charge in [0.1, 0.15) is 5.75 Å². The van der Waals surface area contributed by atoms with E-state index < -0.39 is 10.6 Å². The smallest absolute Gasteiger partial charge is 0.119 e. The number of unbranched alkanes of at least 4 members (excludes halogenated alkanes) is 1. The molecule has 86 valence electrons. The summed E-state index contributed by atoms with van der Waals surface area (Å²) in [6.07, 6.45) is 3.55. The van der Waals surface area contributed by atoms with E-state index in [1.807, 2.05) is 0 Å². The van der Waals surface area contributed by atoms with Crippen LogP contribution >= 0.6 is 10.6 Å². The average molecular weight is 230 g/mol. The summed E-state index contributed by atoms with van der Waals surface area (Å²) in [6, 6.07) is 6.92. The van der Waals surface area contributed by atoms with Gasteiger partial charge < -0.3 is 4.74 Å². The fourth-order valence-corrected chi connectivity index (χ4v) is 1.78. The molecule has 0 atom stereocenters. The molecule has 3 nitrogen and oxygen atoms in total. The maximum Gasteiger partial charge on any atom is 0.119 e. The molecule has 0 aliphatic carbocycles. The van der Waals surface area contributed by atoms with E-state index in [4.69, 9.17) is 4.74 Å². The molecule has 4 heteroatoms. The second kappa shape index (κ2) is 5.39. The Kier molecular flexibility index (Phi) is 4.45. The van der Waals surface area contributed by atoms with Gasteiger partial charge in [0.05, 0.1) is 11.5 Å². The number of hydrogen-bond acceptors (Lipinski definition) is 3. The molecule has 0 bridgehead atoms. The van der Waals surface area contributed by atoms with Crippen LogP contribution in [0.1, 0.15) is 19.8 Å². The number of hydrogen-bond donors (Lipinski definition) is 2. The van der Waals surface area contributed by atoms with Crippen molar-refractivity contribution < 1.29 is 13.8 Å². The third-order valence-electron chi connectivity index (χ3n) is 2.04. The molecular formula is C11H18O3S. The summed E-state index contributed by atoms with van der Waals surface area (Å²) in [6.45, 7) is 2.82.